The largest absolute Gasteiger partial charge is 0.323 e. The van der Waals surface area contributed by atoms with Crippen molar-refractivity contribution in [2.75, 3.05) is 16.0 Å². The molecule has 0 aromatic heterocycles. The van der Waals surface area contributed by atoms with Crippen LogP contribution in [0.15, 0.2) is 83.5 Å². The van der Waals surface area contributed by atoms with Crippen LogP contribution in [0.1, 0.15) is 5.56 Å². The Morgan fingerprint density at radius 2 is 1.67 bits per heavy atom. The van der Waals surface area contributed by atoms with Crippen LogP contribution in [0.5, 0.6) is 0 Å². The molecule has 1 aliphatic rings. The van der Waals surface area contributed by atoms with Crippen molar-refractivity contribution in [3.05, 3.63) is 102 Å². The van der Waals surface area contributed by atoms with Gasteiger partial charge in [0.2, 0.25) is 5.91 Å². The summed E-state index contributed by atoms with van der Waals surface area (Å²) in [6, 6.07) is 17.1. The van der Waals surface area contributed by atoms with Gasteiger partial charge >= 0.3 is 0 Å². The molecule has 0 saturated carbocycles. The second-order valence-corrected chi connectivity index (χ2v) is 7.86. The van der Waals surface area contributed by atoms with Crippen LogP contribution in [0.4, 0.5) is 24.5 Å². The first-order valence-corrected chi connectivity index (χ1v) is 10.7. The average molecular weight is 467 g/mol. The fraction of sp³-hybridized carbons (Fsp3) is 0.0417. The van der Waals surface area contributed by atoms with Gasteiger partial charge in [0.15, 0.2) is 5.17 Å². The van der Waals surface area contributed by atoms with E-state index in [1.54, 1.807) is 6.08 Å². The molecule has 1 N–H and O–H groups in total. The fourth-order valence-electron chi connectivity index (χ4n) is 3.03. The molecule has 0 bridgehead atoms. The summed E-state index contributed by atoms with van der Waals surface area (Å²) in [5.41, 5.74) is 0.990. The van der Waals surface area contributed by atoms with Gasteiger partial charge in [-0.05, 0) is 48.0 Å². The molecule has 0 saturated heterocycles. The fourth-order valence-corrected chi connectivity index (χ4v) is 3.84. The lowest BCUT2D eigenvalue weighted by Crippen LogP contribution is -2.31. The normalized spacial score (nSPS) is 14.5. The highest BCUT2D eigenvalue weighted by Crippen LogP contribution is 2.29. The van der Waals surface area contributed by atoms with E-state index in [0.717, 1.165) is 35.5 Å². The summed E-state index contributed by atoms with van der Waals surface area (Å²) in [6.07, 6.45) is 1.61. The van der Waals surface area contributed by atoms with Crippen molar-refractivity contribution >= 4 is 46.2 Å². The maximum atomic E-state index is 13.8. The van der Waals surface area contributed by atoms with E-state index in [0.29, 0.717) is 5.69 Å². The lowest BCUT2D eigenvalue weighted by molar-refractivity contribution is -0.114. The van der Waals surface area contributed by atoms with Gasteiger partial charge in [-0.25, -0.2) is 18.2 Å². The molecule has 1 aliphatic heterocycles. The van der Waals surface area contributed by atoms with Gasteiger partial charge in [-0.2, -0.15) is 0 Å². The number of anilines is 2. The quantitative estimate of drug-likeness (QED) is 0.524. The van der Waals surface area contributed by atoms with Gasteiger partial charge < -0.3 is 5.32 Å². The number of hydrogen-bond acceptors (Lipinski definition) is 4. The predicted molar refractivity (Wildman–Crippen MR) is 123 cm³/mol. The highest BCUT2D eigenvalue weighted by atomic mass is 32.2. The molecular weight excluding hydrogens is 451 g/mol. The first-order chi connectivity index (χ1) is 15.9. The van der Waals surface area contributed by atoms with Gasteiger partial charge in [0.05, 0.1) is 17.1 Å². The van der Waals surface area contributed by atoms with Crippen molar-refractivity contribution in [2.24, 2.45) is 4.99 Å². The van der Waals surface area contributed by atoms with E-state index >= 15 is 0 Å². The molecule has 5 nitrogen and oxygen atoms in total. The summed E-state index contributed by atoms with van der Waals surface area (Å²) in [6.45, 7) is 0. The molecule has 166 valence electrons. The minimum Gasteiger partial charge on any atom is -0.323 e. The number of hydrogen-bond donors (Lipinski definition) is 1. The molecular formula is C24H16F3N3O2S. The van der Waals surface area contributed by atoms with Crippen molar-refractivity contribution in [3.8, 4) is 0 Å². The Bertz CT molecular complexity index is 1260. The summed E-state index contributed by atoms with van der Waals surface area (Å²) < 4.78 is 40.5. The summed E-state index contributed by atoms with van der Waals surface area (Å²) in [7, 11) is 0. The predicted octanol–water partition coefficient (Wildman–Crippen LogP) is 5.22. The third-order valence-electron chi connectivity index (χ3n) is 4.55. The molecule has 3 aromatic carbocycles. The molecule has 0 radical (unpaired) electrons. The molecule has 0 atom stereocenters. The molecule has 4 rings (SSSR count). The van der Waals surface area contributed by atoms with Gasteiger partial charge in [-0.3, -0.25) is 14.5 Å². The number of aliphatic imine (C=N–C) groups is 1. The highest BCUT2D eigenvalue weighted by Gasteiger charge is 2.32. The zero-order valence-corrected chi connectivity index (χ0v) is 17.8. The SMILES string of the molecule is O=C(CSC1=NC(=Cc2ccccc2)C(=O)N1c1ccc(F)cc1)Nc1cc(F)ccc1F. The van der Waals surface area contributed by atoms with Crippen molar-refractivity contribution in [1.29, 1.82) is 0 Å². The lowest BCUT2D eigenvalue weighted by Gasteiger charge is -2.17. The minimum atomic E-state index is -0.774. The van der Waals surface area contributed by atoms with Gasteiger partial charge in [0.1, 0.15) is 23.1 Å². The number of nitrogens with zero attached hydrogens (tertiary/aromatic N) is 2. The molecule has 33 heavy (non-hydrogen) atoms. The van der Waals surface area contributed by atoms with Crippen molar-refractivity contribution in [3.63, 3.8) is 0 Å². The molecule has 0 aliphatic carbocycles. The van der Waals surface area contributed by atoms with Crippen molar-refractivity contribution < 1.29 is 22.8 Å². The number of nitrogens with one attached hydrogen (secondary N) is 1. The number of carbonyl (C=O) groups is 2. The molecule has 0 spiro atoms. The Labute approximate surface area is 191 Å². The minimum absolute atomic E-state index is 0.143. The molecule has 0 fully saturated rings. The number of thioether (sulfide) groups is 1. The third kappa shape index (κ3) is 5.32. The maximum Gasteiger partial charge on any atom is 0.283 e. The number of halogens is 3. The van der Waals surface area contributed by atoms with E-state index in [9.17, 15) is 22.8 Å². The van der Waals surface area contributed by atoms with Crippen LogP contribution in [-0.4, -0.2) is 22.7 Å². The molecule has 0 unspecified atom stereocenters. The lowest BCUT2D eigenvalue weighted by atomic mass is 10.2. The topological polar surface area (TPSA) is 61.8 Å². The monoisotopic (exact) mass is 467 g/mol. The van der Waals surface area contributed by atoms with Crippen LogP contribution in [0.2, 0.25) is 0 Å². The van der Waals surface area contributed by atoms with Crippen LogP contribution in [0.3, 0.4) is 0 Å². The van der Waals surface area contributed by atoms with E-state index in [-0.39, 0.29) is 22.3 Å². The van der Waals surface area contributed by atoms with Crippen molar-refractivity contribution in [2.45, 2.75) is 0 Å². The zero-order chi connectivity index (χ0) is 23.4. The Morgan fingerprint density at radius 1 is 0.970 bits per heavy atom. The number of benzene rings is 3. The number of amides is 2. The average Bonchev–Trinajstić information content (AvgIpc) is 3.11. The molecule has 9 heteroatoms. The second-order valence-electron chi connectivity index (χ2n) is 6.91. The zero-order valence-electron chi connectivity index (χ0n) is 17.0. The van der Waals surface area contributed by atoms with Crippen LogP contribution >= 0.6 is 11.8 Å². The second kappa shape index (κ2) is 9.74. The van der Waals surface area contributed by atoms with E-state index in [4.69, 9.17) is 0 Å². The van der Waals surface area contributed by atoms with E-state index in [1.807, 2.05) is 30.3 Å². The highest BCUT2D eigenvalue weighted by molar-refractivity contribution is 8.14. The van der Waals surface area contributed by atoms with Crippen molar-refractivity contribution in [1.82, 2.24) is 0 Å². The van der Waals surface area contributed by atoms with Gasteiger partial charge in [0, 0.05) is 6.07 Å². The summed E-state index contributed by atoms with van der Waals surface area (Å²) in [5, 5.41) is 2.50. The van der Waals surface area contributed by atoms with Crippen LogP contribution in [-0.2, 0) is 9.59 Å². The maximum absolute atomic E-state index is 13.8. The Kier molecular flexibility index (Phi) is 6.60. The summed E-state index contributed by atoms with van der Waals surface area (Å²) >= 11 is 0.939. The van der Waals surface area contributed by atoms with Gasteiger partial charge in [-0.15, -0.1) is 0 Å². The smallest absolute Gasteiger partial charge is 0.283 e. The van der Waals surface area contributed by atoms with E-state index < -0.39 is 29.3 Å². The first-order valence-electron chi connectivity index (χ1n) is 9.74. The number of amidine groups is 1. The summed E-state index contributed by atoms with van der Waals surface area (Å²) in [5.74, 6) is -3.21. The third-order valence-corrected chi connectivity index (χ3v) is 5.49. The van der Waals surface area contributed by atoms with Gasteiger partial charge in [-0.1, -0.05) is 42.1 Å². The Morgan fingerprint density at radius 3 is 2.39 bits per heavy atom. The number of carbonyl (C=O) groups excluding carboxylic acids is 2. The van der Waals surface area contributed by atoms with E-state index in [1.165, 1.54) is 29.2 Å². The molecule has 3 aromatic rings. The first kappa shape index (κ1) is 22.3. The molecule has 1 heterocycles. The Balaban J connectivity index is 1.56. The Hall–Kier alpha value is -3.85. The van der Waals surface area contributed by atoms with E-state index in [2.05, 4.69) is 10.3 Å². The number of rotatable bonds is 5. The standard InChI is InChI=1S/C24H16F3N3O2S/c25-16-6-9-18(10-7-16)30-23(32)21(12-15-4-2-1-3-5-15)29-24(30)33-14-22(31)28-20-13-17(26)8-11-19(20)27/h1-13H,14H2,(H,28,31). The van der Waals surface area contributed by atoms with Crippen LogP contribution in [0.25, 0.3) is 6.08 Å². The molecule has 2 amide bonds. The van der Waals surface area contributed by atoms with Crippen LogP contribution < -0.4 is 10.2 Å². The van der Waals surface area contributed by atoms with Crippen LogP contribution in [0, 0.1) is 17.5 Å². The summed E-state index contributed by atoms with van der Waals surface area (Å²) in [4.78, 5) is 31.0. The van der Waals surface area contributed by atoms with Gasteiger partial charge in [0.25, 0.3) is 5.91 Å².